The predicted octanol–water partition coefficient (Wildman–Crippen LogP) is 0.923. The molecule has 8 nitrogen and oxygen atoms in total. The number of nitrogens with one attached hydrogen (secondary N) is 1. The normalized spacial score (nSPS) is 25.7. The van der Waals surface area contributed by atoms with Gasteiger partial charge in [0, 0.05) is 18.9 Å². The van der Waals surface area contributed by atoms with Crippen molar-refractivity contribution in [2.45, 2.75) is 76.4 Å². The van der Waals surface area contributed by atoms with Crippen molar-refractivity contribution in [1.82, 2.24) is 9.55 Å². The number of aromatic amines is 1. The third-order valence-corrected chi connectivity index (χ3v) is 4.68. The van der Waals surface area contributed by atoms with Crippen LogP contribution in [0.4, 0.5) is 0 Å². The highest BCUT2D eigenvalue weighted by Crippen LogP contribution is 2.30. The first-order valence-electron chi connectivity index (χ1n) is 9.46. The lowest BCUT2D eigenvalue weighted by molar-refractivity contribution is -0.0749. The lowest BCUT2D eigenvalue weighted by Gasteiger charge is -2.22. The molecule has 148 valence electrons. The molecule has 0 aliphatic carbocycles. The number of hydrogen-bond acceptors (Lipinski definition) is 6. The van der Waals surface area contributed by atoms with Crippen LogP contribution in [-0.4, -0.2) is 51.3 Å². The van der Waals surface area contributed by atoms with Crippen molar-refractivity contribution < 1.29 is 19.7 Å². The van der Waals surface area contributed by atoms with Crippen LogP contribution in [0.2, 0.25) is 0 Å². The fraction of sp³-hybridized carbons (Fsp3) is 0.778. The fourth-order valence-corrected chi connectivity index (χ4v) is 3.18. The quantitative estimate of drug-likeness (QED) is 0.499. The van der Waals surface area contributed by atoms with Crippen LogP contribution in [-0.2, 0) is 9.47 Å². The molecule has 1 aromatic rings. The van der Waals surface area contributed by atoms with Gasteiger partial charge in [-0.1, -0.05) is 45.4 Å². The lowest BCUT2D eigenvalue weighted by Crippen LogP contribution is -2.39. The Hall–Kier alpha value is -1.48. The average molecular weight is 370 g/mol. The summed E-state index contributed by atoms with van der Waals surface area (Å²) in [5.74, 6) is 0. The second kappa shape index (κ2) is 10.6. The number of aliphatic hydroxyl groups excluding tert-OH is 2. The van der Waals surface area contributed by atoms with E-state index in [-0.39, 0.29) is 6.61 Å². The number of nitrogens with zero attached hydrogens (tertiary/aromatic N) is 1. The van der Waals surface area contributed by atoms with Crippen molar-refractivity contribution in [1.29, 1.82) is 0 Å². The smallest absolute Gasteiger partial charge is 0.330 e. The van der Waals surface area contributed by atoms with E-state index < -0.39 is 35.8 Å². The number of rotatable bonds is 11. The summed E-state index contributed by atoms with van der Waals surface area (Å²) in [5, 5.41) is 19.7. The van der Waals surface area contributed by atoms with Gasteiger partial charge in [0.25, 0.3) is 5.56 Å². The van der Waals surface area contributed by atoms with Gasteiger partial charge in [0.15, 0.2) is 6.23 Å². The molecule has 1 aliphatic heterocycles. The standard InChI is InChI=1S/C18H30N2O6/c1-2-3-4-5-6-7-8-11-25-16-15(23)13(12-21)26-17(16)20-10-9-14(22)19-18(20)24/h9-10,13,15-17,21,23H,2-8,11-12H2,1H3,(H,19,22,24)/t13-,15?,16?,17-/m0/s1. The molecule has 4 atom stereocenters. The molecule has 1 aliphatic rings. The summed E-state index contributed by atoms with van der Waals surface area (Å²) in [5.41, 5.74) is -1.15. The van der Waals surface area contributed by atoms with E-state index in [1.54, 1.807) is 0 Å². The van der Waals surface area contributed by atoms with Crippen molar-refractivity contribution in [3.63, 3.8) is 0 Å². The minimum atomic E-state index is -1.05. The number of unbranched alkanes of at least 4 members (excludes halogenated alkanes) is 6. The Labute approximate surface area is 152 Å². The summed E-state index contributed by atoms with van der Waals surface area (Å²) in [6.45, 7) is 2.24. The number of aliphatic hydroxyl groups is 2. The zero-order valence-electron chi connectivity index (χ0n) is 15.3. The van der Waals surface area contributed by atoms with E-state index in [4.69, 9.17) is 9.47 Å². The summed E-state index contributed by atoms with van der Waals surface area (Å²) in [4.78, 5) is 25.4. The van der Waals surface area contributed by atoms with Crippen LogP contribution in [0.5, 0.6) is 0 Å². The fourth-order valence-electron chi connectivity index (χ4n) is 3.18. The molecular weight excluding hydrogens is 340 g/mol. The Morgan fingerprint density at radius 2 is 1.88 bits per heavy atom. The van der Waals surface area contributed by atoms with Crippen molar-refractivity contribution in [2.75, 3.05) is 13.2 Å². The van der Waals surface area contributed by atoms with Gasteiger partial charge < -0.3 is 19.7 Å². The highest BCUT2D eigenvalue weighted by molar-refractivity contribution is 4.93. The Morgan fingerprint density at radius 1 is 1.19 bits per heavy atom. The zero-order chi connectivity index (χ0) is 18.9. The molecule has 0 amide bonds. The minimum Gasteiger partial charge on any atom is -0.394 e. The molecule has 1 aromatic heterocycles. The van der Waals surface area contributed by atoms with Crippen molar-refractivity contribution >= 4 is 0 Å². The van der Waals surface area contributed by atoms with Gasteiger partial charge >= 0.3 is 5.69 Å². The summed E-state index contributed by atoms with van der Waals surface area (Å²) in [7, 11) is 0. The molecule has 0 spiro atoms. The number of hydrogen-bond donors (Lipinski definition) is 3. The van der Waals surface area contributed by atoms with E-state index in [1.807, 2.05) is 0 Å². The maximum Gasteiger partial charge on any atom is 0.330 e. The summed E-state index contributed by atoms with van der Waals surface area (Å²) >= 11 is 0. The molecular formula is C18H30N2O6. The van der Waals surface area contributed by atoms with Crippen LogP contribution < -0.4 is 11.2 Å². The number of ether oxygens (including phenoxy) is 2. The van der Waals surface area contributed by atoms with Crippen LogP contribution in [0.15, 0.2) is 21.9 Å². The first kappa shape index (κ1) is 20.8. The molecule has 2 rings (SSSR count). The maximum absolute atomic E-state index is 12.0. The molecule has 1 saturated heterocycles. The third kappa shape index (κ3) is 5.51. The number of H-pyrrole nitrogens is 1. The van der Waals surface area contributed by atoms with Gasteiger partial charge in [-0.3, -0.25) is 14.3 Å². The van der Waals surface area contributed by atoms with Gasteiger partial charge in [-0.05, 0) is 6.42 Å². The zero-order valence-corrected chi connectivity index (χ0v) is 15.3. The Bertz CT molecular complexity index is 643. The Balaban J connectivity index is 1.90. The molecule has 2 unspecified atom stereocenters. The SMILES string of the molecule is CCCCCCCCCOC1C(O)[C@H](CO)O[C@@H]1n1ccc(=O)[nH]c1=O. The topological polar surface area (TPSA) is 114 Å². The second-order valence-electron chi connectivity index (χ2n) is 6.71. The first-order chi connectivity index (χ1) is 12.6. The van der Waals surface area contributed by atoms with E-state index in [0.29, 0.717) is 6.61 Å². The van der Waals surface area contributed by atoms with E-state index >= 15 is 0 Å². The molecule has 0 radical (unpaired) electrons. The molecule has 8 heteroatoms. The van der Waals surface area contributed by atoms with Crippen LogP contribution in [0.1, 0.15) is 58.1 Å². The van der Waals surface area contributed by atoms with E-state index in [0.717, 1.165) is 19.3 Å². The summed E-state index contributed by atoms with van der Waals surface area (Å²) in [6, 6.07) is 1.21. The van der Waals surface area contributed by atoms with Crippen LogP contribution >= 0.6 is 0 Å². The molecule has 1 fully saturated rings. The average Bonchev–Trinajstić information content (AvgIpc) is 2.93. The van der Waals surface area contributed by atoms with E-state index in [2.05, 4.69) is 11.9 Å². The first-order valence-corrected chi connectivity index (χ1v) is 9.46. The maximum atomic E-state index is 12.0. The van der Waals surface area contributed by atoms with Crippen molar-refractivity contribution in [3.05, 3.63) is 33.1 Å². The van der Waals surface area contributed by atoms with Crippen LogP contribution in [0.25, 0.3) is 0 Å². The van der Waals surface area contributed by atoms with E-state index in [9.17, 15) is 19.8 Å². The van der Waals surface area contributed by atoms with Crippen LogP contribution in [0, 0.1) is 0 Å². The highest BCUT2D eigenvalue weighted by atomic mass is 16.6. The molecule has 26 heavy (non-hydrogen) atoms. The van der Waals surface area contributed by atoms with Gasteiger partial charge in [0.05, 0.1) is 6.61 Å². The van der Waals surface area contributed by atoms with E-state index in [1.165, 1.54) is 42.5 Å². The van der Waals surface area contributed by atoms with Gasteiger partial charge in [0.2, 0.25) is 0 Å². The second-order valence-corrected chi connectivity index (χ2v) is 6.71. The predicted molar refractivity (Wildman–Crippen MR) is 96.1 cm³/mol. The highest BCUT2D eigenvalue weighted by Gasteiger charge is 2.45. The molecule has 0 bridgehead atoms. The largest absolute Gasteiger partial charge is 0.394 e. The van der Waals surface area contributed by atoms with Crippen LogP contribution in [0.3, 0.4) is 0 Å². The number of aromatic nitrogens is 2. The lowest BCUT2D eigenvalue weighted by atomic mass is 10.1. The van der Waals surface area contributed by atoms with Crippen molar-refractivity contribution in [3.8, 4) is 0 Å². The summed E-state index contributed by atoms with van der Waals surface area (Å²) < 4.78 is 12.5. The molecule has 3 N–H and O–H groups in total. The summed E-state index contributed by atoms with van der Waals surface area (Å²) in [6.07, 6.45) is 5.75. The van der Waals surface area contributed by atoms with Gasteiger partial charge in [-0.15, -0.1) is 0 Å². The van der Waals surface area contributed by atoms with Crippen molar-refractivity contribution in [2.24, 2.45) is 0 Å². The Morgan fingerprint density at radius 3 is 2.54 bits per heavy atom. The third-order valence-electron chi connectivity index (χ3n) is 4.68. The monoisotopic (exact) mass is 370 g/mol. The van der Waals surface area contributed by atoms with Gasteiger partial charge in [-0.25, -0.2) is 4.79 Å². The molecule has 2 heterocycles. The van der Waals surface area contributed by atoms with Gasteiger partial charge in [-0.2, -0.15) is 0 Å². The Kier molecular flexibility index (Phi) is 8.50. The molecule has 0 saturated carbocycles. The van der Waals surface area contributed by atoms with Gasteiger partial charge in [0.1, 0.15) is 18.3 Å². The minimum absolute atomic E-state index is 0.382. The molecule has 0 aromatic carbocycles.